The maximum Gasteiger partial charge on any atom is 0.224 e. The zero-order valence-corrected chi connectivity index (χ0v) is 9.81. The lowest BCUT2D eigenvalue weighted by Crippen LogP contribution is -2.41. The van der Waals surface area contributed by atoms with E-state index in [2.05, 4.69) is 5.32 Å². The van der Waals surface area contributed by atoms with Crippen LogP contribution in [0.25, 0.3) is 0 Å². The topological polar surface area (TPSA) is 49.3 Å². The Morgan fingerprint density at radius 3 is 2.44 bits per heavy atom. The highest BCUT2D eigenvalue weighted by atomic mass is 16.3. The first-order valence-corrected chi connectivity index (χ1v) is 5.57. The lowest BCUT2D eigenvalue weighted by atomic mass is 10.0. The van der Waals surface area contributed by atoms with Crippen molar-refractivity contribution in [1.29, 1.82) is 0 Å². The fraction of sp³-hybridized carbons (Fsp3) is 0.462. The Labute approximate surface area is 96.5 Å². The van der Waals surface area contributed by atoms with E-state index in [-0.39, 0.29) is 24.5 Å². The molecule has 0 aliphatic rings. The van der Waals surface area contributed by atoms with E-state index < -0.39 is 0 Å². The van der Waals surface area contributed by atoms with Crippen LogP contribution in [0.15, 0.2) is 30.3 Å². The van der Waals surface area contributed by atoms with Gasteiger partial charge in [0.2, 0.25) is 5.91 Å². The van der Waals surface area contributed by atoms with Gasteiger partial charge in [-0.05, 0) is 11.5 Å². The molecule has 0 bridgehead atoms. The summed E-state index contributed by atoms with van der Waals surface area (Å²) < 4.78 is 0. The van der Waals surface area contributed by atoms with Crippen LogP contribution in [0.2, 0.25) is 0 Å². The van der Waals surface area contributed by atoms with E-state index in [0.717, 1.165) is 5.56 Å². The van der Waals surface area contributed by atoms with Gasteiger partial charge in [-0.25, -0.2) is 0 Å². The number of hydrogen-bond donors (Lipinski definition) is 2. The van der Waals surface area contributed by atoms with E-state index >= 15 is 0 Å². The molecule has 0 radical (unpaired) electrons. The molecule has 0 aliphatic carbocycles. The van der Waals surface area contributed by atoms with Crippen molar-refractivity contribution >= 4 is 5.91 Å². The van der Waals surface area contributed by atoms with Gasteiger partial charge in [0.25, 0.3) is 0 Å². The molecule has 0 heterocycles. The first kappa shape index (κ1) is 12.7. The van der Waals surface area contributed by atoms with Crippen molar-refractivity contribution in [3.8, 4) is 0 Å². The number of rotatable bonds is 5. The second-order valence-corrected chi connectivity index (χ2v) is 4.26. The lowest BCUT2D eigenvalue weighted by Gasteiger charge is -2.19. The molecule has 0 saturated carbocycles. The molecular weight excluding hydrogens is 202 g/mol. The summed E-state index contributed by atoms with van der Waals surface area (Å²) in [6, 6.07) is 9.43. The fourth-order valence-corrected chi connectivity index (χ4v) is 1.46. The Kier molecular flexibility index (Phi) is 4.99. The SMILES string of the molecule is CC(C)C(CO)NC(=O)Cc1ccccc1. The van der Waals surface area contributed by atoms with E-state index in [1.165, 1.54) is 0 Å². The van der Waals surface area contributed by atoms with Gasteiger partial charge in [-0.2, -0.15) is 0 Å². The van der Waals surface area contributed by atoms with Crippen LogP contribution in [0.1, 0.15) is 19.4 Å². The normalized spacial score (nSPS) is 12.5. The molecule has 0 saturated heterocycles. The van der Waals surface area contributed by atoms with Gasteiger partial charge in [-0.15, -0.1) is 0 Å². The van der Waals surface area contributed by atoms with E-state index in [4.69, 9.17) is 5.11 Å². The molecule has 1 aromatic carbocycles. The van der Waals surface area contributed by atoms with Gasteiger partial charge >= 0.3 is 0 Å². The predicted octanol–water partition coefficient (Wildman–Crippen LogP) is 1.36. The van der Waals surface area contributed by atoms with Gasteiger partial charge in [-0.3, -0.25) is 4.79 Å². The number of benzene rings is 1. The fourth-order valence-electron chi connectivity index (χ4n) is 1.46. The highest BCUT2D eigenvalue weighted by Crippen LogP contribution is 2.03. The van der Waals surface area contributed by atoms with Crippen LogP contribution in [0.3, 0.4) is 0 Å². The van der Waals surface area contributed by atoms with E-state index in [1.807, 2.05) is 44.2 Å². The predicted molar refractivity (Wildman–Crippen MR) is 64.0 cm³/mol. The molecule has 3 nitrogen and oxygen atoms in total. The smallest absolute Gasteiger partial charge is 0.224 e. The van der Waals surface area contributed by atoms with Crippen molar-refractivity contribution in [3.05, 3.63) is 35.9 Å². The Balaban J connectivity index is 2.47. The zero-order valence-electron chi connectivity index (χ0n) is 9.81. The maximum atomic E-state index is 11.7. The third-order valence-corrected chi connectivity index (χ3v) is 2.56. The average molecular weight is 221 g/mol. The van der Waals surface area contributed by atoms with Gasteiger partial charge in [0.1, 0.15) is 0 Å². The van der Waals surface area contributed by atoms with Crippen LogP contribution < -0.4 is 5.32 Å². The molecule has 16 heavy (non-hydrogen) atoms. The number of hydrogen-bond acceptors (Lipinski definition) is 2. The second-order valence-electron chi connectivity index (χ2n) is 4.26. The number of carbonyl (C=O) groups is 1. The Morgan fingerprint density at radius 1 is 1.31 bits per heavy atom. The van der Waals surface area contributed by atoms with E-state index in [0.29, 0.717) is 6.42 Å². The van der Waals surface area contributed by atoms with E-state index in [9.17, 15) is 4.79 Å². The summed E-state index contributed by atoms with van der Waals surface area (Å²) in [7, 11) is 0. The minimum atomic E-state index is -0.156. The molecule has 0 aromatic heterocycles. The minimum Gasteiger partial charge on any atom is -0.394 e. The molecule has 1 amide bonds. The maximum absolute atomic E-state index is 11.7. The number of aliphatic hydroxyl groups excluding tert-OH is 1. The van der Waals surface area contributed by atoms with Crippen LogP contribution in [0, 0.1) is 5.92 Å². The summed E-state index contributed by atoms with van der Waals surface area (Å²) in [4.78, 5) is 11.7. The van der Waals surface area contributed by atoms with Crippen LogP contribution >= 0.6 is 0 Å². The molecule has 0 fully saturated rings. The summed E-state index contributed by atoms with van der Waals surface area (Å²) >= 11 is 0. The molecule has 88 valence electrons. The Hall–Kier alpha value is -1.35. The van der Waals surface area contributed by atoms with Gasteiger partial charge in [0.15, 0.2) is 0 Å². The summed E-state index contributed by atoms with van der Waals surface area (Å²) in [5, 5.41) is 11.9. The number of aliphatic hydroxyl groups is 1. The quantitative estimate of drug-likeness (QED) is 0.788. The Bertz CT molecular complexity index is 322. The summed E-state index contributed by atoms with van der Waals surface area (Å²) in [6.07, 6.45) is 0.365. The van der Waals surface area contributed by atoms with Gasteiger partial charge < -0.3 is 10.4 Å². The standard InChI is InChI=1S/C13H19NO2/c1-10(2)12(9-15)14-13(16)8-11-6-4-3-5-7-11/h3-7,10,12,15H,8-9H2,1-2H3,(H,14,16). The summed E-state index contributed by atoms with van der Waals surface area (Å²) in [5.41, 5.74) is 0.987. The third kappa shape index (κ3) is 4.03. The molecular formula is C13H19NO2. The van der Waals surface area contributed by atoms with Gasteiger partial charge in [0, 0.05) is 0 Å². The average Bonchev–Trinajstić information content (AvgIpc) is 2.27. The minimum absolute atomic E-state index is 0.0157. The van der Waals surface area contributed by atoms with Crippen molar-refractivity contribution < 1.29 is 9.90 Å². The van der Waals surface area contributed by atoms with Crippen LogP contribution in [-0.2, 0) is 11.2 Å². The van der Waals surface area contributed by atoms with Crippen molar-refractivity contribution in [2.24, 2.45) is 5.92 Å². The second kappa shape index (κ2) is 6.28. The molecule has 0 aliphatic heterocycles. The lowest BCUT2D eigenvalue weighted by molar-refractivity contribution is -0.121. The largest absolute Gasteiger partial charge is 0.394 e. The molecule has 0 spiro atoms. The summed E-state index contributed by atoms with van der Waals surface area (Å²) in [5.74, 6) is 0.198. The molecule has 3 heteroatoms. The van der Waals surface area contributed by atoms with Gasteiger partial charge in [-0.1, -0.05) is 44.2 Å². The zero-order chi connectivity index (χ0) is 12.0. The first-order valence-electron chi connectivity index (χ1n) is 5.57. The third-order valence-electron chi connectivity index (χ3n) is 2.56. The highest BCUT2D eigenvalue weighted by molar-refractivity contribution is 5.78. The number of amides is 1. The van der Waals surface area contributed by atoms with Gasteiger partial charge in [0.05, 0.1) is 19.1 Å². The molecule has 1 atom stereocenters. The molecule has 1 rings (SSSR count). The van der Waals surface area contributed by atoms with E-state index in [1.54, 1.807) is 0 Å². The monoisotopic (exact) mass is 221 g/mol. The van der Waals surface area contributed by atoms with Crippen molar-refractivity contribution in [2.75, 3.05) is 6.61 Å². The van der Waals surface area contributed by atoms with Crippen LogP contribution in [-0.4, -0.2) is 23.7 Å². The number of nitrogens with one attached hydrogen (secondary N) is 1. The number of carbonyl (C=O) groups excluding carboxylic acids is 1. The Morgan fingerprint density at radius 2 is 1.94 bits per heavy atom. The van der Waals surface area contributed by atoms with Crippen molar-refractivity contribution in [1.82, 2.24) is 5.32 Å². The molecule has 2 N–H and O–H groups in total. The molecule has 1 aromatic rings. The van der Waals surface area contributed by atoms with Crippen LogP contribution in [0.4, 0.5) is 0 Å². The van der Waals surface area contributed by atoms with Crippen molar-refractivity contribution in [2.45, 2.75) is 26.3 Å². The van der Waals surface area contributed by atoms with Crippen LogP contribution in [0.5, 0.6) is 0 Å². The first-order chi connectivity index (χ1) is 7.63. The summed E-state index contributed by atoms with van der Waals surface area (Å²) in [6.45, 7) is 3.94. The highest BCUT2D eigenvalue weighted by Gasteiger charge is 2.14. The van der Waals surface area contributed by atoms with Crippen molar-refractivity contribution in [3.63, 3.8) is 0 Å². The molecule has 1 unspecified atom stereocenters.